The van der Waals surface area contributed by atoms with Gasteiger partial charge in [0.15, 0.2) is 0 Å². The summed E-state index contributed by atoms with van der Waals surface area (Å²) >= 11 is 0. The number of aromatic nitrogens is 2. The molecule has 0 spiro atoms. The second-order valence-corrected chi connectivity index (χ2v) is 5.34. The summed E-state index contributed by atoms with van der Waals surface area (Å²) in [5.74, 6) is 0.260. The Morgan fingerprint density at radius 2 is 2.11 bits per heavy atom. The Labute approximate surface area is 116 Å². The van der Waals surface area contributed by atoms with Gasteiger partial charge in [-0.15, -0.1) is 0 Å². The first kappa shape index (κ1) is 15.9. The van der Waals surface area contributed by atoms with E-state index in [4.69, 9.17) is 5.73 Å². The maximum absolute atomic E-state index is 11.8. The quantitative estimate of drug-likeness (QED) is 0.747. The molecule has 0 aliphatic heterocycles. The van der Waals surface area contributed by atoms with Gasteiger partial charge in [0.05, 0.1) is 18.2 Å². The number of carbonyl (C=O) groups excluding carboxylic acids is 1. The maximum atomic E-state index is 11.8. The van der Waals surface area contributed by atoms with Crippen molar-refractivity contribution in [3.05, 3.63) is 18.0 Å². The van der Waals surface area contributed by atoms with E-state index in [0.717, 1.165) is 31.4 Å². The number of nitrogens with two attached hydrogens (primary N) is 1. The molecule has 19 heavy (non-hydrogen) atoms. The highest BCUT2D eigenvalue weighted by Gasteiger charge is 2.10. The summed E-state index contributed by atoms with van der Waals surface area (Å²) in [5.41, 5.74) is 6.56. The largest absolute Gasteiger partial charge is 0.328 e. The Hall–Kier alpha value is -1.16. The van der Waals surface area contributed by atoms with E-state index >= 15 is 0 Å². The number of hydrogen-bond donors (Lipinski definition) is 1. The second-order valence-electron chi connectivity index (χ2n) is 5.34. The van der Waals surface area contributed by atoms with Gasteiger partial charge in [-0.05, 0) is 38.7 Å². The first-order valence-electron chi connectivity index (χ1n) is 7.38. The van der Waals surface area contributed by atoms with Crippen molar-refractivity contribution in [3.8, 4) is 0 Å². The van der Waals surface area contributed by atoms with Crippen LogP contribution in [-0.2, 0) is 11.2 Å². The zero-order chi connectivity index (χ0) is 14.3. The van der Waals surface area contributed by atoms with Crippen molar-refractivity contribution in [2.75, 3.05) is 0 Å². The topological polar surface area (TPSA) is 60.9 Å². The fraction of sp³-hybridized carbons (Fsp3) is 0.733. The molecule has 1 aromatic heterocycles. The molecule has 0 aliphatic rings. The van der Waals surface area contributed by atoms with Gasteiger partial charge in [0.25, 0.3) is 0 Å². The van der Waals surface area contributed by atoms with E-state index in [2.05, 4.69) is 18.9 Å². The van der Waals surface area contributed by atoms with Crippen LogP contribution in [-0.4, -0.2) is 21.6 Å². The third-order valence-corrected chi connectivity index (χ3v) is 3.47. The average Bonchev–Trinajstić information content (AvgIpc) is 2.78. The lowest BCUT2D eigenvalue weighted by Crippen LogP contribution is -2.15. The molecule has 0 bridgehead atoms. The molecule has 2 N–H and O–H groups in total. The van der Waals surface area contributed by atoms with Gasteiger partial charge in [-0.3, -0.25) is 9.48 Å². The van der Waals surface area contributed by atoms with Crippen molar-refractivity contribution in [1.29, 1.82) is 0 Å². The molecule has 0 amide bonds. The smallest absolute Gasteiger partial charge is 0.138 e. The van der Waals surface area contributed by atoms with Gasteiger partial charge in [-0.25, -0.2) is 0 Å². The molecule has 1 unspecified atom stereocenters. The number of Topliss-reactive ketones (excluding diaryl/α,β-unsaturated/α-hetero) is 1. The van der Waals surface area contributed by atoms with Crippen LogP contribution < -0.4 is 5.73 Å². The molecule has 1 rings (SSSR count). The van der Waals surface area contributed by atoms with Crippen molar-refractivity contribution in [2.45, 2.75) is 71.4 Å². The van der Waals surface area contributed by atoms with E-state index in [0.29, 0.717) is 18.9 Å². The minimum atomic E-state index is 0.182. The fourth-order valence-corrected chi connectivity index (χ4v) is 2.25. The first-order valence-corrected chi connectivity index (χ1v) is 7.38. The van der Waals surface area contributed by atoms with E-state index in [1.165, 1.54) is 0 Å². The minimum Gasteiger partial charge on any atom is -0.328 e. The third-order valence-electron chi connectivity index (χ3n) is 3.47. The van der Waals surface area contributed by atoms with Gasteiger partial charge in [-0.1, -0.05) is 13.8 Å². The van der Waals surface area contributed by atoms with Crippen molar-refractivity contribution in [2.24, 2.45) is 5.73 Å². The van der Waals surface area contributed by atoms with Crippen molar-refractivity contribution in [3.63, 3.8) is 0 Å². The Kier molecular flexibility index (Phi) is 6.78. The number of carbonyl (C=O) groups is 1. The van der Waals surface area contributed by atoms with E-state index < -0.39 is 0 Å². The molecule has 0 aromatic carbocycles. The highest BCUT2D eigenvalue weighted by atomic mass is 16.1. The average molecular weight is 265 g/mol. The van der Waals surface area contributed by atoms with Crippen LogP contribution in [0.25, 0.3) is 0 Å². The summed E-state index contributed by atoms with van der Waals surface area (Å²) in [7, 11) is 0. The van der Waals surface area contributed by atoms with Crippen molar-refractivity contribution < 1.29 is 4.79 Å². The molecule has 0 aliphatic carbocycles. The van der Waals surface area contributed by atoms with Crippen LogP contribution in [0.4, 0.5) is 0 Å². The molecule has 0 saturated heterocycles. The number of hydrogen-bond acceptors (Lipinski definition) is 3. The standard InChI is InChI=1S/C15H27N3O/c1-4-14(5-2)18-10-9-13(17-18)11-15(19)8-6-7-12(3)16/h9-10,12,14H,4-8,11,16H2,1-3H3. The number of ketones is 1. The van der Waals surface area contributed by atoms with Gasteiger partial charge in [-0.2, -0.15) is 5.10 Å². The van der Waals surface area contributed by atoms with Crippen LogP contribution >= 0.6 is 0 Å². The van der Waals surface area contributed by atoms with Gasteiger partial charge in [0.1, 0.15) is 5.78 Å². The molecular formula is C15H27N3O. The number of nitrogens with zero attached hydrogens (tertiary/aromatic N) is 2. The van der Waals surface area contributed by atoms with E-state index in [9.17, 15) is 4.79 Å². The fourth-order valence-electron chi connectivity index (χ4n) is 2.25. The molecule has 0 fully saturated rings. The highest BCUT2D eigenvalue weighted by molar-refractivity contribution is 5.80. The van der Waals surface area contributed by atoms with Crippen LogP contribution in [0.5, 0.6) is 0 Å². The molecule has 108 valence electrons. The molecule has 4 nitrogen and oxygen atoms in total. The van der Waals surface area contributed by atoms with Crippen LogP contribution in [0.2, 0.25) is 0 Å². The van der Waals surface area contributed by atoms with E-state index in [1.807, 2.05) is 23.9 Å². The first-order chi connectivity index (χ1) is 9.06. The van der Waals surface area contributed by atoms with Crippen molar-refractivity contribution >= 4 is 5.78 Å². The molecule has 1 heterocycles. The molecular weight excluding hydrogens is 238 g/mol. The Morgan fingerprint density at radius 1 is 1.42 bits per heavy atom. The molecule has 4 heteroatoms. The van der Waals surface area contributed by atoms with Crippen LogP contribution in [0.3, 0.4) is 0 Å². The summed E-state index contributed by atoms with van der Waals surface area (Å²) < 4.78 is 1.99. The van der Waals surface area contributed by atoms with Crippen LogP contribution in [0.1, 0.15) is 64.6 Å². The minimum absolute atomic E-state index is 0.182. The van der Waals surface area contributed by atoms with E-state index in [-0.39, 0.29) is 11.8 Å². The van der Waals surface area contributed by atoms with Gasteiger partial charge in [0.2, 0.25) is 0 Å². The predicted octanol–water partition coefficient (Wildman–Crippen LogP) is 2.87. The maximum Gasteiger partial charge on any atom is 0.138 e. The Balaban J connectivity index is 2.42. The zero-order valence-corrected chi connectivity index (χ0v) is 12.4. The molecule has 1 aromatic rings. The van der Waals surface area contributed by atoms with Crippen molar-refractivity contribution in [1.82, 2.24) is 9.78 Å². The molecule has 1 atom stereocenters. The van der Waals surface area contributed by atoms with E-state index in [1.54, 1.807) is 0 Å². The summed E-state index contributed by atoms with van der Waals surface area (Å²) in [6.45, 7) is 6.30. The summed E-state index contributed by atoms with van der Waals surface area (Å²) in [5, 5.41) is 4.51. The molecule has 0 saturated carbocycles. The summed E-state index contributed by atoms with van der Waals surface area (Å²) in [4.78, 5) is 11.8. The molecule has 0 radical (unpaired) electrons. The second kappa shape index (κ2) is 8.10. The zero-order valence-electron chi connectivity index (χ0n) is 12.4. The van der Waals surface area contributed by atoms with Gasteiger partial charge < -0.3 is 5.73 Å². The normalized spacial score (nSPS) is 12.9. The van der Waals surface area contributed by atoms with Crippen LogP contribution in [0.15, 0.2) is 12.3 Å². The SMILES string of the molecule is CCC(CC)n1ccc(CC(=O)CCCC(C)N)n1. The summed E-state index contributed by atoms with van der Waals surface area (Å²) in [6.07, 6.45) is 6.98. The highest BCUT2D eigenvalue weighted by Crippen LogP contribution is 2.15. The number of rotatable bonds is 9. The predicted molar refractivity (Wildman–Crippen MR) is 78.1 cm³/mol. The lowest BCUT2D eigenvalue weighted by molar-refractivity contribution is -0.118. The lowest BCUT2D eigenvalue weighted by atomic mass is 10.1. The Morgan fingerprint density at radius 3 is 2.68 bits per heavy atom. The third kappa shape index (κ3) is 5.55. The van der Waals surface area contributed by atoms with Crippen LogP contribution in [0, 0.1) is 0 Å². The van der Waals surface area contributed by atoms with Gasteiger partial charge >= 0.3 is 0 Å². The summed E-state index contributed by atoms with van der Waals surface area (Å²) in [6, 6.07) is 2.59. The monoisotopic (exact) mass is 265 g/mol. The lowest BCUT2D eigenvalue weighted by Gasteiger charge is -2.12. The van der Waals surface area contributed by atoms with Gasteiger partial charge in [0, 0.05) is 18.7 Å². The Bertz CT molecular complexity index is 380.